The molecule has 8 aromatic rings. The zero-order chi connectivity index (χ0) is 35.2. The van der Waals surface area contributed by atoms with Gasteiger partial charge in [-0.3, -0.25) is 0 Å². The molecule has 0 radical (unpaired) electrons. The summed E-state index contributed by atoms with van der Waals surface area (Å²) in [5.74, 6) is 0.375. The maximum Gasteiger partial charge on any atom is 0.0714 e. The Morgan fingerprint density at radius 1 is 0.442 bits per heavy atom. The quantitative estimate of drug-likeness (QED) is 0.163. The van der Waals surface area contributed by atoms with E-state index in [0.717, 1.165) is 17.1 Å². The van der Waals surface area contributed by atoms with Crippen molar-refractivity contribution in [2.45, 2.75) is 32.1 Å². The van der Waals surface area contributed by atoms with Gasteiger partial charge in [0.1, 0.15) is 0 Å². The lowest BCUT2D eigenvalue weighted by atomic mass is 9.67. The van der Waals surface area contributed by atoms with Crippen LogP contribution in [0.2, 0.25) is 0 Å². The Hall–Kier alpha value is -6.18. The van der Waals surface area contributed by atoms with Gasteiger partial charge in [-0.25, -0.2) is 0 Å². The highest BCUT2D eigenvalue weighted by Gasteiger charge is 2.46. The Bertz CT molecular complexity index is 2510. The third kappa shape index (κ3) is 5.00. The van der Waals surface area contributed by atoms with Crippen LogP contribution in [0, 0.1) is 6.92 Å². The summed E-state index contributed by atoms with van der Waals surface area (Å²) in [6.07, 6.45) is 0. The second kappa shape index (κ2) is 12.9. The highest BCUT2D eigenvalue weighted by atomic mass is 15.1. The highest BCUT2D eigenvalue weighted by molar-refractivity contribution is 5.99. The first kappa shape index (κ1) is 31.8. The first-order chi connectivity index (χ1) is 25.6. The Balaban J connectivity index is 1.38. The van der Waals surface area contributed by atoms with Crippen LogP contribution in [0.4, 0.5) is 17.1 Å². The van der Waals surface area contributed by atoms with Crippen LogP contribution in [0.1, 0.15) is 53.1 Å². The lowest BCUT2D eigenvalue weighted by Gasteiger charge is -2.35. The number of hydrogen-bond donors (Lipinski definition) is 0. The number of aryl methyl sites for hydroxylation is 1. The molecular formula is C51H41N. The normalized spacial score (nSPS) is 12.8. The molecule has 0 aromatic heterocycles. The molecule has 1 nitrogen and oxygen atoms in total. The summed E-state index contributed by atoms with van der Waals surface area (Å²) in [6.45, 7) is 6.84. The van der Waals surface area contributed by atoms with Gasteiger partial charge in [-0.1, -0.05) is 166 Å². The fraction of sp³-hybridized carbons (Fsp3) is 0.0980. The van der Waals surface area contributed by atoms with E-state index < -0.39 is 5.41 Å². The fourth-order valence-electron chi connectivity index (χ4n) is 8.73. The number of para-hydroxylation sites is 1. The molecule has 0 amide bonds. The molecule has 0 heterocycles. The number of benzene rings is 8. The molecule has 9 rings (SSSR count). The molecule has 1 aliphatic carbocycles. The van der Waals surface area contributed by atoms with E-state index >= 15 is 0 Å². The summed E-state index contributed by atoms with van der Waals surface area (Å²) >= 11 is 0. The van der Waals surface area contributed by atoms with Crippen LogP contribution in [0.15, 0.2) is 188 Å². The van der Waals surface area contributed by atoms with Gasteiger partial charge in [-0.2, -0.15) is 0 Å². The number of rotatable bonds is 7. The Morgan fingerprint density at radius 2 is 1.04 bits per heavy atom. The summed E-state index contributed by atoms with van der Waals surface area (Å²) in [5.41, 5.74) is 15.9. The molecule has 0 fully saturated rings. The second-order valence-electron chi connectivity index (χ2n) is 14.3. The molecule has 0 saturated carbocycles. The average Bonchev–Trinajstić information content (AvgIpc) is 3.50. The van der Waals surface area contributed by atoms with E-state index in [4.69, 9.17) is 0 Å². The zero-order valence-corrected chi connectivity index (χ0v) is 29.9. The predicted molar refractivity (Wildman–Crippen MR) is 220 cm³/mol. The number of anilines is 3. The van der Waals surface area contributed by atoms with E-state index in [1.807, 2.05) is 0 Å². The maximum atomic E-state index is 2.48. The molecule has 0 saturated heterocycles. The lowest BCUT2D eigenvalue weighted by Crippen LogP contribution is -2.28. The molecule has 1 aliphatic rings. The van der Waals surface area contributed by atoms with Gasteiger partial charge in [0, 0.05) is 16.9 Å². The monoisotopic (exact) mass is 667 g/mol. The number of nitrogens with zero attached hydrogens (tertiary/aromatic N) is 1. The number of hydrogen-bond acceptors (Lipinski definition) is 1. The molecule has 52 heavy (non-hydrogen) atoms. The van der Waals surface area contributed by atoms with Crippen molar-refractivity contribution in [2.75, 3.05) is 4.90 Å². The first-order valence-corrected chi connectivity index (χ1v) is 18.4. The van der Waals surface area contributed by atoms with Crippen LogP contribution in [-0.4, -0.2) is 0 Å². The van der Waals surface area contributed by atoms with Gasteiger partial charge >= 0.3 is 0 Å². The van der Waals surface area contributed by atoms with Gasteiger partial charge in [0.05, 0.1) is 11.1 Å². The van der Waals surface area contributed by atoms with Crippen LogP contribution in [0.25, 0.3) is 33.0 Å². The molecule has 250 valence electrons. The molecule has 0 unspecified atom stereocenters. The van der Waals surface area contributed by atoms with E-state index in [9.17, 15) is 0 Å². The predicted octanol–water partition coefficient (Wildman–Crippen LogP) is 13.8. The summed E-state index contributed by atoms with van der Waals surface area (Å²) in [7, 11) is 0. The zero-order valence-electron chi connectivity index (χ0n) is 29.9. The van der Waals surface area contributed by atoms with Crippen molar-refractivity contribution in [3.63, 3.8) is 0 Å². The Labute approximate surface area is 307 Å². The summed E-state index contributed by atoms with van der Waals surface area (Å²) in [4.78, 5) is 2.48. The van der Waals surface area contributed by atoms with Crippen molar-refractivity contribution in [3.8, 4) is 22.3 Å². The minimum absolute atomic E-state index is 0.375. The standard InChI is InChI=1S/C51H41N/c1-35(2)43-27-15-16-28-44(43)46-32-37-19-13-14-20-38(37)33-49(46)52(41-25-11-6-12-26-41)42-30-31-45-48(34-42)51(39-21-7-4-8-22-39,40-23-9-5-10-24-40)47-29-17-18-36(3)50(45)47/h4-35H,1-3H3. The van der Waals surface area contributed by atoms with Crippen LogP contribution >= 0.6 is 0 Å². The van der Waals surface area contributed by atoms with Gasteiger partial charge in [0.2, 0.25) is 0 Å². The molecule has 0 bridgehead atoms. The first-order valence-electron chi connectivity index (χ1n) is 18.4. The van der Waals surface area contributed by atoms with Crippen molar-refractivity contribution in [2.24, 2.45) is 0 Å². The molecule has 1 heteroatoms. The number of fused-ring (bicyclic) bond motifs is 4. The Kier molecular flexibility index (Phi) is 7.86. The molecule has 0 spiro atoms. The minimum atomic E-state index is -0.492. The third-order valence-electron chi connectivity index (χ3n) is 11.0. The van der Waals surface area contributed by atoms with Gasteiger partial charge in [0.25, 0.3) is 0 Å². The van der Waals surface area contributed by atoms with E-state index in [1.165, 1.54) is 66.4 Å². The minimum Gasteiger partial charge on any atom is -0.310 e. The second-order valence-corrected chi connectivity index (χ2v) is 14.3. The summed E-state index contributed by atoms with van der Waals surface area (Å²) < 4.78 is 0. The summed E-state index contributed by atoms with van der Waals surface area (Å²) in [5, 5.41) is 2.45. The molecule has 0 atom stereocenters. The maximum absolute atomic E-state index is 2.48. The van der Waals surface area contributed by atoms with Gasteiger partial charge in [-0.05, 0) is 110 Å². The Morgan fingerprint density at radius 3 is 1.71 bits per heavy atom. The van der Waals surface area contributed by atoms with E-state index in [-0.39, 0.29) is 0 Å². The SMILES string of the molecule is Cc1cccc2c1-c1ccc(N(c3ccccc3)c3cc4ccccc4cc3-c3ccccc3C(C)C)cc1C2(c1ccccc1)c1ccccc1. The average molecular weight is 668 g/mol. The van der Waals surface area contributed by atoms with Crippen molar-refractivity contribution in [1.82, 2.24) is 0 Å². The molecule has 0 aliphatic heterocycles. The van der Waals surface area contributed by atoms with Gasteiger partial charge in [-0.15, -0.1) is 0 Å². The van der Waals surface area contributed by atoms with Gasteiger partial charge in [0.15, 0.2) is 0 Å². The van der Waals surface area contributed by atoms with Crippen LogP contribution in [-0.2, 0) is 5.41 Å². The van der Waals surface area contributed by atoms with E-state index in [2.05, 4.69) is 214 Å². The summed E-state index contributed by atoms with van der Waals surface area (Å²) in [6, 6.07) is 69.6. The fourth-order valence-corrected chi connectivity index (χ4v) is 8.73. The largest absolute Gasteiger partial charge is 0.310 e. The van der Waals surface area contributed by atoms with Crippen molar-refractivity contribution in [1.29, 1.82) is 0 Å². The molecule has 0 N–H and O–H groups in total. The van der Waals surface area contributed by atoms with Crippen molar-refractivity contribution >= 4 is 27.8 Å². The highest BCUT2D eigenvalue weighted by Crippen LogP contribution is 2.58. The third-order valence-corrected chi connectivity index (χ3v) is 11.0. The smallest absolute Gasteiger partial charge is 0.0714 e. The molecule has 8 aromatic carbocycles. The van der Waals surface area contributed by atoms with Crippen LogP contribution in [0.5, 0.6) is 0 Å². The van der Waals surface area contributed by atoms with E-state index in [1.54, 1.807) is 0 Å². The topological polar surface area (TPSA) is 3.24 Å². The van der Waals surface area contributed by atoms with Crippen molar-refractivity contribution < 1.29 is 0 Å². The van der Waals surface area contributed by atoms with Crippen LogP contribution < -0.4 is 4.90 Å². The van der Waals surface area contributed by atoms with Crippen molar-refractivity contribution in [3.05, 3.63) is 221 Å². The molecular weight excluding hydrogens is 627 g/mol. The van der Waals surface area contributed by atoms with Gasteiger partial charge < -0.3 is 4.90 Å². The van der Waals surface area contributed by atoms with E-state index in [0.29, 0.717) is 5.92 Å². The van der Waals surface area contributed by atoms with Crippen LogP contribution in [0.3, 0.4) is 0 Å². The lowest BCUT2D eigenvalue weighted by molar-refractivity contribution is 0.768.